The molecule has 3 rings (SSSR count). The quantitative estimate of drug-likeness (QED) is 0.309. The molecule has 0 bridgehead atoms. The van der Waals surface area contributed by atoms with Crippen molar-refractivity contribution >= 4 is 38.9 Å². The van der Waals surface area contributed by atoms with E-state index in [2.05, 4.69) is 25.7 Å². The SMILES string of the molecule is CCOc1ccc(NN=C(C#N)C(=O)Nc2ccc(S(=O)(=O)Nc3onc(C)c3C)cc2)cc1. The first-order valence-electron chi connectivity index (χ1n) is 10.1. The van der Waals surface area contributed by atoms with Crippen LogP contribution < -0.4 is 20.2 Å². The van der Waals surface area contributed by atoms with E-state index >= 15 is 0 Å². The van der Waals surface area contributed by atoms with Gasteiger partial charge in [-0.15, -0.1) is 0 Å². The molecule has 0 atom stereocenters. The van der Waals surface area contributed by atoms with Crippen LogP contribution in [0.15, 0.2) is 63.1 Å². The number of carbonyl (C=O) groups excluding carboxylic acids is 1. The van der Waals surface area contributed by atoms with Crippen molar-refractivity contribution in [1.29, 1.82) is 5.26 Å². The maximum Gasteiger partial charge on any atom is 0.287 e. The van der Waals surface area contributed by atoms with Gasteiger partial charge >= 0.3 is 0 Å². The maximum atomic E-state index is 12.6. The van der Waals surface area contributed by atoms with Crippen LogP contribution in [-0.2, 0) is 14.8 Å². The van der Waals surface area contributed by atoms with Crippen molar-refractivity contribution in [2.45, 2.75) is 25.7 Å². The number of nitriles is 1. The zero-order chi connectivity index (χ0) is 24.7. The first-order valence-corrected chi connectivity index (χ1v) is 11.6. The summed E-state index contributed by atoms with van der Waals surface area (Å²) in [5, 5.41) is 19.3. The minimum absolute atomic E-state index is 0.0322. The fourth-order valence-electron chi connectivity index (χ4n) is 2.64. The lowest BCUT2D eigenvalue weighted by Gasteiger charge is -2.08. The van der Waals surface area contributed by atoms with Gasteiger partial charge in [0.05, 0.1) is 22.9 Å². The third-order valence-corrected chi connectivity index (χ3v) is 5.94. The summed E-state index contributed by atoms with van der Waals surface area (Å²) < 4.78 is 37.8. The van der Waals surface area contributed by atoms with Gasteiger partial charge in [-0.1, -0.05) is 5.16 Å². The summed E-state index contributed by atoms with van der Waals surface area (Å²) in [6.07, 6.45) is 0. The van der Waals surface area contributed by atoms with Crippen molar-refractivity contribution in [1.82, 2.24) is 5.16 Å². The Kier molecular flexibility index (Phi) is 7.50. The second kappa shape index (κ2) is 10.5. The lowest BCUT2D eigenvalue weighted by molar-refractivity contribution is -0.110. The highest BCUT2D eigenvalue weighted by atomic mass is 32.2. The molecule has 0 radical (unpaired) electrons. The molecule has 0 saturated heterocycles. The number of hydrazone groups is 1. The van der Waals surface area contributed by atoms with Crippen molar-refractivity contribution in [2.75, 3.05) is 22.1 Å². The zero-order valence-electron chi connectivity index (χ0n) is 18.6. The van der Waals surface area contributed by atoms with E-state index < -0.39 is 21.6 Å². The molecule has 11 nitrogen and oxygen atoms in total. The molecule has 0 unspecified atom stereocenters. The van der Waals surface area contributed by atoms with E-state index in [1.807, 2.05) is 6.92 Å². The molecule has 3 N–H and O–H groups in total. The minimum Gasteiger partial charge on any atom is -0.494 e. The molecule has 1 heterocycles. The van der Waals surface area contributed by atoms with Gasteiger partial charge in [0.15, 0.2) is 0 Å². The lowest BCUT2D eigenvalue weighted by Crippen LogP contribution is -2.22. The van der Waals surface area contributed by atoms with Gasteiger partial charge in [0.25, 0.3) is 15.9 Å². The number of sulfonamides is 1. The van der Waals surface area contributed by atoms with Gasteiger partial charge in [-0.25, -0.2) is 13.1 Å². The van der Waals surface area contributed by atoms with E-state index in [1.165, 1.54) is 24.3 Å². The van der Waals surface area contributed by atoms with E-state index in [0.717, 1.165) is 0 Å². The first-order chi connectivity index (χ1) is 16.2. The average Bonchev–Trinajstić information content (AvgIpc) is 3.12. The number of aromatic nitrogens is 1. The van der Waals surface area contributed by atoms with Crippen LogP contribution in [0.5, 0.6) is 5.75 Å². The van der Waals surface area contributed by atoms with Crippen LogP contribution in [-0.4, -0.2) is 31.8 Å². The van der Waals surface area contributed by atoms with E-state index in [9.17, 15) is 18.5 Å². The van der Waals surface area contributed by atoms with Crippen LogP contribution in [0.1, 0.15) is 18.2 Å². The summed E-state index contributed by atoms with van der Waals surface area (Å²) in [6, 6.07) is 13.9. The number of benzene rings is 2. The number of carbonyl (C=O) groups is 1. The molecule has 0 aliphatic rings. The third kappa shape index (κ3) is 5.90. The van der Waals surface area contributed by atoms with Crippen LogP contribution >= 0.6 is 0 Å². The molecule has 0 spiro atoms. The molecule has 12 heteroatoms. The molecule has 34 heavy (non-hydrogen) atoms. The van der Waals surface area contributed by atoms with Crippen molar-refractivity contribution in [3.63, 3.8) is 0 Å². The number of ether oxygens (including phenoxy) is 1. The van der Waals surface area contributed by atoms with Crippen LogP contribution in [0.25, 0.3) is 0 Å². The highest BCUT2D eigenvalue weighted by molar-refractivity contribution is 7.92. The normalized spacial score (nSPS) is 11.4. The first kappa shape index (κ1) is 24.3. The smallest absolute Gasteiger partial charge is 0.287 e. The van der Waals surface area contributed by atoms with Crippen LogP contribution in [0.4, 0.5) is 17.3 Å². The van der Waals surface area contributed by atoms with Gasteiger partial charge < -0.3 is 14.6 Å². The molecule has 2 aromatic carbocycles. The second-order valence-electron chi connectivity index (χ2n) is 6.95. The Morgan fingerprint density at radius 2 is 1.76 bits per heavy atom. The summed E-state index contributed by atoms with van der Waals surface area (Å²) in [7, 11) is -3.93. The molecular weight excluding hydrogens is 460 g/mol. The van der Waals surface area contributed by atoms with Crippen LogP contribution in [0, 0.1) is 25.2 Å². The maximum absolute atomic E-state index is 12.6. The number of amides is 1. The highest BCUT2D eigenvalue weighted by Crippen LogP contribution is 2.22. The Morgan fingerprint density at radius 3 is 2.32 bits per heavy atom. The van der Waals surface area contributed by atoms with E-state index in [1.54, 1.807) is 44.2 Å². The molecule has 0 fully saturated rings. The number of nitrogens with one attached hydrogen (secondary N) is 3. The summed E-state index contributed by atoms with van der Waals surface area (Å²) in [5.41, 5.74) is 4.21. The van der Waals surface area contributed by atoms with Gasteiger partial charge in [0.2, 0.25) is 11.6 Å². The molecule has 176 valence electrons. The minimum atomic E-state index is -3.93. The Hall–Kier alpha value is -4.37. The fraction of sp³-hybridized carbons (Fsp3) is 0.182. The largest absolute Gasteiger partial charge is 0.494 e. The molecule has 0 aliphatic heterocycles. The Bertz CT molecular complexity index is 1340. The predicted molar refractivity (Wildman–Crippen MR) is 126 cm³/mol. The van der Waals surface area contributed by atoms with Crippen molar-refractivity contribution in [3.05, 3.63) is 59.8 Å². The third-order valence-electron chi connectivity index (χ3n) is 4.59. The summed E-state index contributed by atoms with van der Waals surface area (Å²) in [5.74, 6) is -0.0470. The van der Waals surface area contributed by atoms with Gasteiger partial charge in [0, 0.05) is 11.3 Å². The highest BCUT2D eigenvalue weighted by Gasteiger charge is 2.19. The number of aryl methyl sites for hydroxylation is 1. The number of hydrogen-bond acceptors (Lipinski definition) is 9. The van der Waals surface area contributed by atoms with E-state index in [-0.39, 0.29) is 16.5 Å². The number of anilines is 3. The van der Waals surface area contributed by atoms with Crippen molar-refractivity contribution < 1.29 is 22.5 Å². The molecule has 0 aliphatic carbocycles. The van der Waals surface area contributed by atoms with Gasteiger partial charge in [0.1, 0.15) is 11.8 Å². The summed E-state index contributed by atoms with van der Waals surface area (Å²) >= 11 is 0. The van der Waals surface area contributed by atoms with Crippen LogP contribution in [0.2, 0.25) is 0 Å². The molecule has 1 amide bonds. The average molecular weight is 483 g/mol. The number of nitrogens with zero attached hydrogens (tertiary/aromatic N) is 3. The molecular formula is C22H22N6O5S. The van der Waals surface area contributed by atoms with Crippen molar-refractivity contribution in [3.8, 4) is 11.8 Å². The van der Waals surface area contributed by atoms with E-state index in [0.29, 0.717) is 29.3 Å². The topological polar surface area (TPSA) is 159 Å². The number of rotatable bonds is 9. The molecule has 3 aromatic rings. The standard InChI is InChI=1S/C22H22N6O5S/c1-4-32-18-9-5-17(6-10-18)25-26-20(13-23)21(29)24-16-7-11-19(12-8-16)34(30,31)28-22-14(2)15(3)27-33-22/h5-12,25,28H,4H2,1-3H3,(H,24,29). The number of hydrogen-bond donors (Lipinski definition) is 3. The second-order valence-corrected chi connectivity index (χ2v) is 8.63. The van der Waals surface area contributed by atoms with Gasteiger partial charge in [-0.2, -0.15) is 10.4 Å². The van der Waals surface area contributed by atoms with Gasteiger partial charge in [-0.05, 0) is 69.3 Å². The summed E-state index contributed by atoms with van der Waals surface area (Å²) in [6.45, 7) is 5.79. The molecule has 0 saturated carbocycles. The molecule has 1 aromatic heterocycles. The Labute approximate surface area is 196 Å². The lowest BCUT2D eigenvalue weighted by atomic mass is 10.3. The predicted octanol–water partition coefficient (Wildman–Crippen LogP) is 3.42. The van der Waals surface area contributed by atoms with E-state index in [4.69, 9.17) is 9.26 Å². The zero-order valence-corrected chi connectivity index (χ0v) is 19.4. The Morgan fingerprint density at radius 1 is 1.12 bits per heavy atom. The monoisotopic (exact) mass is 482 g/mol. The summed E-state index contributed by atoms with van der Waals surface area (Å²) in [4.78, 5) is 12.3. The fourth-order valence-corrected chi connectivity index (χ4v) is 3.69. The van der Waals surface area contributed by atoms with Gasteiger partial charge in [-0.3, -0.25) is 10.2 Å². The van der Waals surface area contributed by atoms with Crippen molar-refractivity contribution in [2.24, 2.45) is 5.10 Å². The Balaban J connectivity index is 1.65. The van der Waals surface area contributed by atoms with Crippen LogP contribution in [0.3, 0.4) is 0 Å².